The lowest BCUT2D eigenvalue weighted by atomic mass is 10.1. The fourth-order valence-electron chi connectivity index (χ4n) is 5.16. The van der Waals surface area contributed by atoms with Crippen LogP contribution in [0.4, 0.5) is 0 Å². The van der Waals surface area contributed by atoms with E-state index in [0.29, 0.717) is 0 Å². The van der Waals surface area contributed by atoms with Gasteiger partial charge in [-0.3, -0.25) is 4.57 Å². The van der Waals surface area contributed by atoms with Gasteiger partial charge >= 0.3 is 0 Å². The van der Waals surface area contributed by atoms with Gasteiger partial charge in [0.2, 0.25) is 0 Å². The molecule has 5 heteroatoms. The predicted octanol–water partition coefficient (Wildman–Crippen LogP) is 8.89. The normalized spacial score (nSPS) is 11.3. The van der Waals surface area contributed by atoms with Crippen molar-refractivity contribution < 1.29 is 9.13 Å². The highest BCUT2D eigenvalue weighted by Crippen LogP contribution is 2.44. The van der Waals surface area contributed by atoms with E-state index in [9.17, 15) is 9.13 Å². The molecule has 0 aliphatic rings. The van der Waals surface area contributed by atoms with Crippen LogP contribution in [0.3, 0.4) is 0 Å². The maximum atomic E-state index is 14.6. The van der Waals surface area contributed by atoms with E-state index >= 15 is 0 Å². The number of rotatable bonds is 6. The second-order valence-electron chi connectivity index (χ2n) is 9.98. The molecule has 0 fully saturated rings. The van der Waals surface area contributed by atoms with Gasteiger partial charge in [-0.2, -0.15) is 0 Å². The quantitative estimate of drug-likeness (QED) is 0.179. The third-order valence-corrected chi connectivity index (χ3v) is 11.9. The third-order valence-electron chi connectivity index (χ3n) is 7.24. The molecule has 0 aliphatic carbocycles. The van der Waals surface area contributed by atoms with Gasteiger partial charge in [-0.05, 0) is 53.9 Å². The number of hydrogen-bond donors (Lipinski definition) is 0. The molecule has 1 heterocycles. The van der Waals surface area contributed by atoms with E-state index < -0.39 is 7.14 Å². The number of thiophene rings is 1. The van der Waals surface area contributed by atoms with Crippen LogP contribution in [0.2, 0.25) is 0 Å². The van der Waals surface area contributed by atoms with Crippen molar-refractivity contribution in [1.82, 2.24) is 0 Å². The minimum absolute atomic E-state index is 0.00857. The first-order valence-electron chi connectivity index (χ1n) is 13.7. The van der Waals surface area contributed by atoms with Crippen LogP contribution in [-0.4, -0.2) is 0 Å². The van der Waals surface area contributed by atoms with Gasteiger partial charge in [-0.15, -0.1) is 11.3 Å². The number of benzene rings is 6. The Morgan fingerprint density at radius 3 is 1.45 bits per heavy atom. The van der Waals surface area contributed by atoms with Crippen molar-refractivity contribution in [2.75, 3.05) is 0 Å². The summed E-state index contributed by atoms with van der Waals surface area (Å²) in [6.45, 7) is 0. The molecule has 1 aromatic heterocycles. The lowest BCUT2D eigenvalue weighted by molar-refractivity contribution is 0.592. The summed E-state index contributed by atoms with van der Waals surface area (Å²) in [4.78, 5) is 0. The fourth-order valence-corrected chi connectivity index (χ4v) is 9.21. The Bertz CT molecular complexity index is 1910. The largest absolute Gasteiger partial charge is 0.309 e. The molecular weight excluding hydrogens is 570 g/mol. The van der Waals surface area contributed by atoms with Crippen LogP contribution in [0.5, 0.6) is 0 Å². The van der Waals surface area contributed by atoms with Crippen molar-refractivity contribution in [1.29, 1.82) is 0 Å². The molecule has 0 atom stereocenters. The van der Waals surface area contributed by atoms with Crippen LogP contribution in [-0.2, 0) is 15.6 Å². The van der Waals surface area contributed by atoms with Gasteiger partial charge in [0, 0.05) is 41.4 Å². The monoisotopic (exact) mass is 598 g/mol. The zero-order valence-electron chi connectivity index (χ0n) is 22.8. The van der Waals surface area contributed by atoms with Crippen LogP contribution in [0, 0.1) is 0 Å². The van der Waals surface area contributed by atoms with Crippen LogP contribution < -0.4 is 21.2 Å². The van der Waals surface area contributed by atoms with Crippen molar-refractivity contribution in [3.8, 4) is 0 Å². The molecule has 0 amide bonds. The highest BCUT2D eigenvalue weighted by atomic mass is 32.1. The van der Waals surface area contributed by atoms with E-state index in [1.807, 2.05) is 84.9 Å². The Labute approximate surface area is 251 Å². The zero-order chi connectivity index (χ0) is 28.8. The third kappa shape index (κ3) is 5.91. The second-order valence-corrected chi connectivity index (χ2v) is 14.5. The molecule has 42 heavy (non-hydrogen) atoms. The van der Waals surface area contributed by atoms with Gasteiger partial charge in [0.25, 0.3) is 0 Å². The molecule has 0 bridgehead atoms. The summed E-state index contributed by atoms with van der Waals surface area (Å²) < 4.78 is 28.2. The second kappa shape index (κ2) is 12.8. The molecule has 0 aliphatic heterocycles. The van der Waals surface area contributed by atoms with Crippen LogP contribution in [0.15, 0.2) is 158 Å². The van der Waals surface area contributed by atoms with Gasteiger partial charge in [-0.25, -0.2) is 0 Å². The summed E-state index contributed by atoms with van der Waals surface area (Å²) in [7, 11) is -3.00. The predicted molar refractivity (Wildman–Crippen MR) is 182 cm³/mol. The highest BCUT2D eigenvalue weighted by Gasteiger charge is 2.30. The van der Waals surface area contributed by atoms with E-state index in [0.717, 1.165) is 47.8 Å². The average molecular weight is 599 g/mol. The molecule has 0 saturated heterocycles. The lowest BCUT2D eigenvalue weighted by Gasteiger charge is -2.20. The molecule has 0 N–H and O–H groups in total. The summed E-state index contributed by atoms with van der Waals surface area (Å²) in [5.41, 5.74) is 2.74. The van der Waals surface area contributed by atoms with E-state index in [1.165, 1.54) is 11.1 Å². The molecule has 7 aromatic rings. The Morgan fingerprint density at radius 2 is 0.952 bits per heavy atom. The molecule has 2 nitrogen and oxygen atoms in total. The van der Waals surface area contributed by atoms with Crippen molar-refractivity contribution in [3.05, 3.63) is 169 Å². The molecule has 204 valence electrons. The lowest BCUT2D eigenvalue weighted by Crippen LogP contribution is -2.24. The minimum atomic E-state index is -3.01. The van der Waals surface area contributed by atoms with E-state index in [-0.39, 0.29) is 8.46 Å². The van der Waals surface area contributed by atoms with Crippen molar-refractivity contribution in [2.24, 2.45) is 0 Å². The van der Waals surface area contributed by atoms with E-state index in [1.54, 1.807) is 11.3 Å². The first-order valence-corrected chi connectivity index (χ1v) is 17.1. The standard InChI is InChI=1S/C24H16O2P2S.C13H12/c25-27-17-11-13-23-21(15-17)22-16-20(12-14-24(22)29-23)28(26,18-7-3-1-4-8-18)19-9-5-2-6-10-19;1-3-7-12(8-4-1)11-13-9-5-2-6-10-13/h1-16H;1-10H,11H2. The average Bonchev–Trinajstić information content (AvgIpc) is 3.43. The van der Waals surface area contributed by atoms with Gasteiger partial charge in [0.15, 0.2) is 15.6 Å². The number of fused-ring (bicyclic) bond motifs is 3. The Morgan fingerprint density at radius 1 is 0.500 bits per heavy atom. The molecule has 0 unspecified atom stereocenters. The van der Waals surface area contributed by atoms with Crippen molar-refractivity contribution in [2.45, 2.75) is 6.42 Å². The first-order chi connectivity index (χ1) is 20.6. The summed E-state index contributed by atoms with van der Waals surface area (Å²) in [5, 5.41) is 5.32. The molecule has 6 aromatic carbocycles. The van der Waals surface area contributed by atoms with E-state index in [2.05, 4.69) is 72.8 Å². The summed E-state index contributed by atoms with van der Waals surface area (Å²) in [5.74, 6) is 0. The SMILES string of the molecule is O=Pc1ccc2sc3ccc(P(=O)(c4ccccc4)c4ccccc4)cc3c2c1.c1ccc(Cc2ccccc2)cc1. The maximum Gasteiger partial charge on any atom is 0.192 e. The maximum absolute atomic E-state index is 14.6. The fraction of sp³-hybridized carbons (Fsp3) is 0.0270. The van der Waals surface area contributed by atoms with Crippen molar-refractivity contribution in [3.63, 3.8) is 0 Å². The Balaban J connectivity index is 0.000000203. The molecule has 0 radical (unpaired) electrons. The minimum Gasteiger partial charge on any atom is -0.309 e. The van der Waals surface area contributed by atoms with Gasteiger partial charge in [-0.1, -0.05) is 121 Å². The smallest absolute Gasteiger partial charge is 0.192 e. The van der Waals surface area contributed by atoms with Gasteiger partial charge < -0.3 is 4.57 Å². The van der Waals surface area contributed by atoms with Crippen LogP contribution in [0.1, 0.15) is 11.1 Å². The van der Waals surface area contributed by atoms with Gasteiger partial charge in [0.05, 0.1) is 0 Å². The highest BCUT2D eigenvalue weighted by molar-refractivity contribution is 7.85. The van der Waals surface area contributed by atoms with Crippen LogP contribution >= 0.6 is 26.9 Å². The summed E-state index contributed by atoms with van der Waals surface area (Å²) in [6.07, 6.45) is 1.03. The summed E-state index contributed by atoms with van der Waals surface area (Å²) in [6, 6.07) is 52.4. The van der Waals surface area contributed by atoms with E-state index in [4.69, 9.17) is 0 Å². The molecule has 0 saturated carbocycles. The van der Waals surface area contributed by atoms with Gasteiger partial charge in [0.1, 0.15) is 0 Å². The number of hydrogen-bond acceptors (Lipinski definition) is 3. The Hall–Kier alpha value is -4.13. The first kappa shape index (κ1) is 28.0. The summed E-state index contributed by atoms with van der Waals surface area (Å²) >= 11 is 1.70. The molecule has 0 spiro atoms. The van der Waals surface area contributed by atoms with Crippen LogP contribution in [0.25, 0.3) is 20.2 Å². The topological polar surface area (TPSA) is 34.1 Å². The Kier molecular flexibility index (Phi) is 8.54. The zero-order valence-corrected chi connectivity index (χ0v) is 25.4. The molecular formula is C37H28O2P2S. The van der Waals surface area contributed by atoms with Crippen molar-refractivity contribution >= 4 is 68.3 Å². The molecule has 7 rings (SSSR count).